The maximum atomic E-state index is 4.68. The van der Waals surface area contributed by atoms with E-state index in [1.54, 1.807) is 11.3 Å². The molecule has 3 aromatic rings. The van der Waals surface area contributed by atoms with Crippen LogP contribution in [0.3, 0.4) is 0 Å². The minimum atomic E-state index is 0.496. The molecule has 6 heteroatoms. The topological polar surface area (TPSA) is 46.0 Å². The number of hydrogen-bond acceptors (Lipinski definition) is 5. The van der Waals surface area contributed by atoms with Crippen LogP contribution in [0, 0.1) is 6.92 Å². The number of fused-ring (bicyclic) bond motifs is 2. The summed E-state index contributed by atoms with van der Waals surface area (Å²) in [5.74, 6) is 0. The number of rotatable bonds is 3. The summed E-state index contributed by atoms with van der Waals surface area (Å²) in [6, 6.07) is 9.25. The Morgan fingerprint density at radius 1 is 1.26 bits per heavy atom. The van der Waals surface area contributed by atoms with Gasteiger partial charge >= 0.3 is 0 Å². The van der Waals surface area contributed by atoms with Gasteiger partial charge in [-0.3, -0.25) is 4.90 Å². The fraction of sp³-hybridized carbons (Fsp3) is 0.412. The van der Waals surface area contributed by atoms with Crippen LogP contribution in [-0.4, -0.2) is 39.3 Å². The summed E-state index contributed by atoms with van der Waals surface area (Å²) in [5.41, 5.74) is 4.95. The smallest absolute Gasteiger partial charge is 0.185 e. The zero-order valence-corrected chi connectivity index (χ0v) is 14.5. The van der Waals surface area contributed by atoms with E-state index in [2.05, 4.69) is 51.6 Å². The van der Waals surface area contributed by atoms with E-state index in [4.69, 9.17) is 0 Å². The van der Waals surface area contributed by atoms with Gasteiger partial charge in [0, 0.05) is 26.2 Å². The lowest BCUT2D eigenvalue weighted by molar-refractivity contribution is 0.225. The fourth-order valence-electron chi connectivity index (χ4n) is 3.31. The summed E-state index contributed by atoms with van der Waals surface area (Å²) in [6.45, 7) is 3.97. The molecular weight excluding hydrogens is 306 g/mol. The fourth-order valence-corrected chi connectivity index (χ4v) is 4.25. The summed E-state index contributed by atoms with van der Waals surface area (Å²) in [4.78, 5) is 7.10. The Morgan fingerprint density at radius 2 is 2.04 bits per heavy atom. The first-order valence-corrected chi connectivity index (χ1v) is 8.74. The Morgan fingerprint density at radius 3 is 2.83 bits per heavy atom. The SMILES string of the molecule is Cc1nn(C)c2nc(NCC3Cc4ccccc4CN3C)sc12. The first-order valence-electron chi connectivity index (χ1n) is 7.93. The lowest BCUT2D eigenvalue weighted by atomic mass is 9.94. The minimum Gasteiger partial charge on any atom is -0.360 e. The second-order valence-electron chi connectivity index (χ2n) is 6.30. The van der Waals surface area contributed by atoms with Crippen LogP contribution in [-0.2, 0) is 20.0 Å². The molecular formula is C17H21N5S. The molecule has 0 spiro atoms. The Kier molecular flexibility index (Phi) is 3.58. The highest BCUT2D eigenvalue weighted by molar-refractivity contribution is 7.22. The zero-order valence-electron chi connectivity index (χ0n) is 13.7. The van der Waals surface area contributed by atoms with Gasteiger partial charge in [-0.25, -0.2) is 9.67 Å². The molecule has 0 aliphatic carbocycles. The predicted molar refractivity (Wildman–Crippen MR) is 95.0 cm³/mol. The molecule has 0 radical (unpaired) electrons. The molecule has 1 aliphatic heterocycles. The van der Waals surface area contributed by atoms with Gasteiger partial charge in [-0.2, -0.15) is 5.10 Å². The van der Waals surface area contributed by atoms with Crippen molar-refractivity contribution in [2.24, 2.45) is 7.05 Å². The third-order valence-electron chi connectivity index (χ3n) is 4.65. The van der Waals surface area contributed by atoms with E-state index in [0.717, 1.165) is 36.0 Å². The molecule has 0 amide bonds. The quantitative estimate of drug-likeness (QED) is 0.803. The summed E-state index contributed by atoms with van der Waals surface area (Å²) in [5, 5.41) is 8.93. The Hall–Kier alpha value is -1.92. The van der Waals surface area contributed by atoms with Crippen LogP contribution < -0.4 is 5.32 Å². The van der Waals surface area contributed by atoms with Gasteiger partial charge in [0.15, 0.2) is 10.8 Å². The molecule has 1 aliphatic rings. The van der Waals surface area contributed by atoms with Crippen LogP contribution in [0.1, 0.15) is 16.8 Å². The molecule has 2 aromatic heterocycles. The first-order chi connectivity index (χ1) is 11.1. The molecule has 1 unspecified atom stereocenters. The van der Waals surface area contributed by atoms with Gasteiger partial charge < -0.3 is 5.32 Å². The van der Waals surface area contributed by atoms with Crippen molar-refractivity contribution in [1.82, 2.24) is 19.7 Å². The number of aromatic nitrogens is 3. The van der Waals surface area contributed by atoms with Crippen molar-refractivity contribution in [2.75, 3.05) is 18.9 Å². The number of anilines is 1. The van der Waals surface area contributed by atoms with Crippen molar-refractivity contribution in [1.29, 1.82) is 0 Å². The Balaban J connectivity index is 1.49. The number of benzene rings is 1. The van der Waals surface area contributed by atoms with E-state index in [9.17, 15) is 0 Å². The summed E-state index contributed by atoms with van der Waals surface area (Å²) in [7, 11) is 4.15. The molecule has 5 nitrogen and oxygen atoms in total. The molecule has 0 saturated carbocycles. The number of nitrogens with one attached hydrogen (secondary N) is 1. The average Bonchev–Trinajstić information content (AvgIpc) is 3.07. The van der Waals surface area contributed by atoms with Gasteiger partial charge in [-0.15, -0.1) is 0 Å². The minimum absolute atomic E-state index is 0.496. The number of likely N-dealkylation sites (N-methyl/N-ethyl adjacent to an activating group) is 1. The van der Waals surface area contributed by atoms with E-state index >= 15 is 0 Å². The number of thiazole rings is 1. The highest BCUT2D eigenvalue weighted by Gasteiger charge is 2.23. The third kappa shape index (κ3) is 2.62. The summed E-state index contributed by atoms with van der Waals surface area (Å²) in [6.07, 6.45) is 1.09. The Labute approximate surface area is 139 Å². The van der Waals surface area contributed by atoms with Crippen LogP contribution >= 0.6 is 11.3 Å². The zero-order chi connectivity index (χ0) is 16.0. The molecule has 23 heavy (non-hydrogen) atoms. The average molecular weight is 327 g/mol. The van der Waals surface area contributed by atoms with Crippen LogP contribution in [0.4, 0.5) is 5.13 Å². The van der Waals surface area contributed by atoms with Crippen LogP contribution in [0.25, 0.3) is 10.3 Å². The maximum absolute atomic E-state index is 4.68. The van der Waals surface area contributed by atoms with Crippen molar-refractivity contribution in [3.8, 4) is 0 Å². The van der Waals surface area contributed by atoms with Gasteiger partial charge in [-0.1, -0.05) is 35.6 Å². The van der Waals surface area contributed by atoms with Gasteiger partial charge in [0.2, 0.25) is 0 Å². The van der Waals surface area contributed by atoms with Gasteiger partial charge in [0.25, 0.3) is 0 Å². The van der Waals surface area contributed by atoms with Crippen LogP contribution in [0.15, 0.2) is 24.3 Å². The van der Waals surface area contributed by atoms with E-state index in [1.165, 1.54) is 15.8 Å². The van der Waals surface area contributed by atoms with Crippen LogP contribution in [0.5, 0.6) is 0 Å². The van der Waals surface area contributed by atoms with Gasteiger partial charge in [0.1, 0.15) is 0 Å². The Bertz CT molecular complexity index is 815. The second kappa shape index (κ2) is 5.62. The molecule has 4 rings (SSSR count). The number of hydrogen-bond donors (Lipinski definition) is 1. The number of nitrogens with zero attached hydrogens (tertiary/aromatic N) is 4. The van der Waals surface area contributed by atoms with E-state index in [0.29, 0.717) is 6.04 Å². The standard InChI is InChI=1S/C17H21N5S/c1-11-15-16(22(3)20-11)19-17(23-15)18-9-14-8-12-6-4-5-7-13(12)10-21(14)2/h4-7,14H,8-10H2,1-3H3,(H,18,19). The monoisotopic (exact) mass is 327 g/mol. The highest BCUT2D eigenvalue weighted by atomic mass is 32.1. The molecule has 0 bridgehead atoms. The van der Waals surface area contributed by atoms with Crippen molar-refractivity contribution < 1.29 is 0 Å². The largest absolute Gasteiger partial charge is 0.360 e. The van der Waals surface area contributed by atoms with E-state index in [1.807, 2.05) is 18.7 Å². The molecule has 120 valence electrons. The van der Waals surface area contributed by atoms with Crippen molar-refractivity contribution in [2.45, 2.75) is 25.9 Å². The molecule has 0 fully saturated rings. The lowest BCUT2D eigenvalue weighted by Gasteiger charge is -2.34. The lowest BCUT2D eigenvalue weighted by Crippen LogP contribution is -2.41. The molecule has 1 atom stereocenters. The van der Waals surface area contributed by atoms with Crippen molar-refractivity contribution >= 4 is 26.8 Å². The third-order valence-corrected chi connectivity index (χ3v) is 5.76. The molecule has 1 aromatic carbocycles. The van der Waals surface area contributed by atoms with Gasteiger partial charge in [-0.05, 0) is 31.5 Å². The second-order valence-corrected chi connectivity index (χ2v) is 7.30. The molecule has 3 heterocycles. The van der Waals surface area contributed by atoms with Crippen LogP contribution in [0.2, 0.25) is 0 Å². The summed E-state index contributed by atoms with van der Waals surface area (Å²) < 4.78 is 3.03. The highest BCUT2D eigenvalue weighted by Crippen LogP contribution is 2.28. The molecule has 0 saturated heterocycles. The summed E-state index contributed by atoms with van der Waals surface area (Å²) >= 11 is 1.70. The normalized spacial score (nSPS) is 18.3. The van der Waals surface area contributed by atoms with Gasteiger partial charge in [0.05, 0.1) is 10.4 Å². The maximum Gasteiger partial charge on any atom is 0.185 e. The van der Waals surface area contributed by atoms with E-state index < -0.39 is 0 Å². The first kappa shape index (κ1) is 14.7. The van der Waals surface area contributed by atoms with Crippen molar-refractivity contribution in [3.05, 3.63) is 41.1 Å². The predicted octanol–water partition coefficient (Wildman–Crippen LogP) is 2.81. The van der Waals surface area contributed by atoms with Crippen molar-refractivity contribution in [3.63, 3.8) is 0 Å². The molecule has 1 N–H and O–H groups in total. The van der Waals surface area contributed by atoms with E-state index in [-0.39, 0.29) is 0 Å². The number of aryl methyl sites for hydroxylation is 2.